The van der Waals surface area contributed by atoms with Crippen molar-refractivity contribution in [3.05, 3.63) is 82.2 Å². The average Bonchev–Trinajstić information content (AvgIpc) is 3.08. The van der Waals surface area contributed by atoms with Gasteiger partial charge in [0.05, 0.1) is 11.6 Å². The largest absolute Gasteiger partial charge is 0.488 e. The van der Waals surface area contributed by atoms with Crippen LogP contribution < -0.4 is 10.1 Å². The zero-order valence-corrected chi connectivity index (χ0v) is 17.7. The molecule has 1 atom stereocenters. The van der Waals surface area contributed by atoms with Crippen LogP contribution in [-0.2, 0) is 6.61 Å². The summed E-state index contributed by atoms with van der Waals surface area (Å²) in [6, 6.07) is 15.9. The van der Waals surface area contributed by atoms with E-state index < -0.39 is 0 Å². The molecule has 1 aromatic heterocycles. The number of ether oxygens (including phenoxy) is 1. The zero-order chi connectivity index (χ0) is 21.0. The maximum absolute atomic E-state index is 12.8. The molecule has 0 radical (unpaired) electrons. The number of rotatable bonds is 7. The third-order valence-electron chi connectivity index (χ3n) is 5.12. The summed E-state index contributed by atoms with van der Waals surface area (Å²) in [4.78, 5) is 12.8. The summed E-state index contributed by atoms with van der Waals surface area (Å²) < 4.78 is 11.2. The molecule has 0 saturated carbocycles. The number of benzene rings is 2. The Morgan fingerprint density at radius 2 is 1.69 bits per heavy atom. The SMILES string of the molecule is Cc1ccccc1OCc1c(C(=O)NC(C)c2ccc(C(C)C)cc2)noc1C. The quantitative estimate of drug-likeness (QED) is 0.578. The molecule has 3 rings (SSSR count). The molecule has 0 fully saturated rings. The van der Waals surface area contributed by atoms with Gasteiger partial charge in [0.2, 0.25) is 0 Å². The minimum atomic E-state index is -0.273. The van der Waals surface area contributed by atoms with Crippen LogP contribution in [0.1, 0.15) is 71.2 Å². The normalized spacial score (nSPS) is 12.1. The molecule has 2 aromatic carbocycles. The molecular formula is C24H28N2O3. The predicted octanol–water partition coefficient (Wildman–Crippen LogP) is 5.48. The van der Waals surface area contributed by atoms with E-state index >= 15 is 0 Å². The highest BCUT2D eigenvalue weighted by molar-refractivity contribution is 5.94. The van der Waals surface area contributed by atoms with Gasteiger partial charge in [-0.05, 0) is 49.4 Å². The highest BCUT2D eigenvalue weighted by Crippen LogP contribution is 2.22. The van der Waals surface area contributed by atoms with Gasteiger partial charge in [-0.2, -0.15) is 0 Å². The van der Waals surface area contributed by atoms with Crippen LogP contribution in [0, 0.1) is 13.8 Å². The first kappa shape index (κ1) is 20.6. The molecule has 5 nitrogen and oxygen atoms in total. The number of hydrogen-bond acceptors (Lipinski definition) is 4. The fourth-order valence-corrected chi connectivity index (χ4v) is 3.13. The highest BCUT2D eigenvalue weighted by Gasteiger charge is 2.22. The van der Waals surface area contributed by atoms with Gasteiger partial charge in [0.15, 0.2) is 5.69 Å². The van der Waals surface area contributed by atoms with E-state index in [9.17, 15) is 4.79 Å². The van der Waals surface area contributed by atoms with Crippen LogP contribution in [0.25, 0.3) is 0 Å². The fourth-order valence-electron chi connectivity index (χ4n) is 3.13. The molecule has 0 spiro atoms. The van der Waals surface area contributed by atoms with Crippen molar-refractivity contribution in [2.75, 3.05) is 0 Å². The van der Waals surface area contributed by atoms with Gasteiger partial charge in [-0.1, -0.05) is 61.5 Å². The van der Waals surface area contributed by atoms with Gasteiger partial charge in [-0.25, -0.2) is 0 Å². The smallest absolute Gasteiger partial charge is 0.274 e. The van der Waals surface area contributed by atoms with Crippen LogP contribution in [0.4, 0.5) is 0 Å². The summed E-state index contributed by atoms with van der Waals surface area (Å²) in [5.41, 5.74) is 4.27. The third-order valence-corrected chi connectivity index (χ3v) is 5.12. The Balaban J connectivity index is 1.70. The Morgan fingerprint density at radius 1 is 1.03 bits per heavy atom. The minimum absolute atomic E-state index is 0.147. The van der Waals surface area contributed by atoms with E-state index in [1.807, 2.05) is 38.1 Å². The predicted molar refractivity (Wildman–Crippen MR) is 113 cm³/mol. The van der Waals surface area contributed by atoms with Gasteiger partial charge < -0.3 is 14.6 Å². The van der Waals surface area contributed by atoms with Crippen molar-refractivity contribution in [1.82, 2.24) is 10.5 Å². The topological polar surface area (TPSA) is 64.4 Å². The number of carbonyl (C=O) groups excluding carboxylic acids is 1. The van der Waals surface area contributed by atoms with Crippen LogP contribution in [0.3, 0.4) is 0 Å². The first-order valence-corrected chi connectivity index (χ1v) is 9.91. The number of aryl methyl sites for hydroxylation is 2. The molecule has 0 aliphatic heterocycles. The van der Waals surface area contributed by atoms with Crippen molar-refractivity contribution in [2.24, 2.45) is 0 Å². The van der Waals surface area contributed by atoms with E-state index in [-0.39, 0.29) is 24.2 Å². The number of nitrogens with zero attached hydrogens (tertiary/aromatic N) is 1. The molecule has 0 aliphatic rings. The van der Waals surface area contributed by atoms with Gasteiger partial charge in [0.25, 0.3) is 5.91 Å². The lowest BCUT2D eigenvalue weighted by Gasteiger charge is -2.15. The average molecular weight is 392 g/mol. The molecule has 1 heterocycles. The first-order valence-electron chi connectivity index (χ1n) is 9.91. The van der Waals surface area contributed by atoms with E-state index in [1.54, 1.807) is 6.92 Å². The maximum Gasteiger partial charge on any atom is 0.274 e. The van der Waals surface area contributed by atoms with Crippen molar-refractivity contribution in [3.8, 4) is 5.75 Å². The fraction of sp³-hybridized carbons (Fsp3) is 0.333. The summed E-state index contributed by atoms with van der Waals surface area (Å²) in [7, 11) is 0. The number of para-hydroxylation sites is 1. The number of nitrogens with one attached hydrogen (secondary N) is 1. The van der Waals surface area contributed by atoms with E-state index in [4.69, 9.17) is 9.26 Å². The number of hydrogen-bond donors (Lipinski definition) is 1. The number of carbonyl (C=O) groups is 1. The summed E-state index contributed by atoms with van der Waals surface area (Å²) >= 11 is 0. The Morgan fingerprint density at radius 3 is 2.34 bits per heavy atom. The first-order chi connectivity index (χ1) is 13.9. The molecule has 0 saturated heterocycles. The Kier molecular flexibility index (Phi) is 6.37. The lowest BCUT2D eigenvalue weighted by molar-refractivity contribution is 0.0928. The summed E-state index contributed by atoms with van der Waals surface area (Å²) in [5.74, 6) is 1.56. The summed E-state index contributed by atoms with van der Waals surface area (Å²) in [5, 5.41) is 6.97. The van der Waals surface area contributed by atoms with Crippen LogP contribution in [-0.4, -0.2) is 11.1 Å². The molecule has 0 bridgehead atoms. The number of aromatic nitrogens is 1. The van der Waals surface area contributed by atoms with Crippen LogP contribution in [0.15, 0.2) is 53.1 Å². The molecule has 5 heteroatoms. The monoisotopic (exact) mass is 392 g/mol. The standard InChI is InChI=1S/C24H28N2O3/c1-15(2)19-10-12-20(13-11-19)17(4)25-24(27)23-21(18(5)29-26-23)14-28-22-9-7-6-8-16(22)3/h6-13,15,17H,14H2,1-5H3,(H,25,27). The third kappa shape index (κ3) is 4.86. The number of amides is 1. The van der Waals surface area contributed by atoms with Crippen molar-refractivity contribution in [2.45, 2.75) is 53.2 Å². The summed E-state index contributed by atoms with van der Waals surface area (Å²) in [6.07, 6.45) is 0. The second kappa shape index (κ2) is 8.95. The Bertz CT molecular complexity index is 974. The Hall–Kier alpha value is -3.08. The molecule has 29 heavy (non-hydrogen) atoms. The zero-order valence-electron chi connectivity index (χ0n) is 17.7. The lowest BCUT2D eigenvalue weighted by Crippen LogP contribution is -2.28. The van der Waals surface area contributed by atoms with Crippen LogP contribution in [0.2, 0.25) is 0 Å². The summed E-state index contributed by atoms with van der Waals surface area (Å²) in [6.45, 7) is 10.3. The van der Waals surface area contributed by atoms with Gasteiger partial charge in [0, 0.05) is 0 Å². The van der Waals surface area contributed by atoms with E-state index in [2.05, 4.69) is 48.6 Å². The van der Waals surface area contributed by atoms with Crippen LogP contribution >= 0.6 is 0 Å². The lowest BCUT2D eigenvalue weighted by atomic mass is 9.99. The minimum Gasteiger partial charge on any atom is -0.488 e. The van der Waals surface area contributed by atoms with Gasteiger partial charge in [-0.15, -0.1) is 0 Å². The van der Waals surface area contributed by atoms with Crippen molar-refractivity contribution in [3.63, 3.8) is 0 Å². The molecule has 0 aliphatic carbocycles. The van der Waals surface area contributed by atoms with E-state index in [1.165, 1.54) is 5.56 Å². The van der Waals surface area contributed by atoms with Crippen molar-refractivity contribution < 1.29 is 14.1 Å². The van der Waals surface area contributed by atoms with Gasteiger partial charge in [0.1, 0.15) is 18.1 Å². The molecule has 1 unspecified atom stereocenters. The van der Waals surface area contributed by atoms with Crippen molar-refractivity contribution >= 4 is 5.91 Å². The van der Waals surface area contributed by atoms with E-state index in [0.717, 1.165) is 16.9 Å². The highest BCUT2D eigenvalue weighted by atomic mass is 16.5. The van der Waals surface area contributed by atoms with Crippen LogP contribution in [0.5, 0.6) is 5.75 Å². The molecule has 152 valence electrons. The molecule has 1 N–H and O–H groups in total. The molecule has 3 aromatic rings. The van der Waals surface area contributed by atoms with Crippen molar-refractivity contribution in [1.29, 1.82) is 0 Å². The Labute approximate surface area is 172 Å². The van der Waals surface area contributed by atoms with Gasteiger partial charge >= 0.3 is 0 Å². The molecular weight excluding hydrogens is 364 g/mol. The second-order valence-electron chi connectivity index (χ2n) is 7.64. The second-order valence-corrected chi connectivity index (χ2v) is 7.64. The van der Waals surface area contributed by atoms with E-state index in [0.29, 0.717) is 17.2 Å². The van der Waals surface area contributed by atoms with Gasteiger partial charge in [-0.3, -0.25) is 4.79 Å². The molecule has 1 amide bonds. The maximum atomic E-state index is 12.8.